The zero-order chi connectivity index (χ0) is 21.1. The summed E-state index contributed by atoms with van der Waals surface area (Å²) in [4.78, 5) is 6.66. The first-order valence-corrected chi connectivity index (χ1v) is 11.9. The van der Waals surface area contributed by atoms with Gasteiger partial charge in [-0.3, -0.25) is 4.98 Å². The van der Waals surface area contributed by atoms with Gasteiger partial charge in [0.2, 0.25) is 10.0 Å². The van der Waals surface area contributed by atoms with E-state index < -0.39 is 10.0 Å². The molecule has 0 atom stereocenters. The van der Waals surface area contributed by atoms with E-state index in [1.54, 1.807) is 19.3 Å². The van der Waals surface area contributed by atoms with Crippen molar-refractivity contribution in [2.24, 2.45) is 0 Å². The number of halogens is 1. The largest absolute Gasteiger partial charge is 0.490 e. The van der Waals surface area contributed by atoms with Gasteiger partial charge in [-0.15, -0.1) is 0 Å². The van der Waals surface area contributed by atoms with Crippen LogP contribution in [0.25, 0.3) is 0 Å². The zero-order valence-corrected chi connectivity index (χ0v) is 18.0. The third-order valence-corrected chi connectivity index (χ3v) is 8.03. The van der Waals surface area contributed by atoms with Crippen LogP contribution >= 0.6 is 0 Å². The maximum absolute atomic E-state index is 13.5. The number of rotatable bonds is 5. The van der Waals surface area contributed by atoms with Gasteiger partial charge in [-0.05, 0) is 68.5 Å². The summed E-state index contributed by atoms with van der Waals surface area (Å²) in [5.74, 6) is 0.474. The van der Waals surface area contributed by atoms with Crippen molar-refractivity contribution in [3.05, 3.63) is 54.1 Å². The smallest absolute Gasteiger partial charge is 0.243 e. The Morgan fingerprint density at radius 1 is 1.00 bits per heavy atom. The third kappa shape index (κ3) is 4.66. The molecular formula is C22H28FN3O3S. The molecule has 0 N–H and O–H groups in total. The first-order valence-electron chi connectivity index (χ1n) is 10.5. The molecule has 2 aliphatic rings. The van der Waals surface area contributed by atoms with Crippen LogP contribution in [-0.4, -0.2) is 60.9 Å². The van der Waals surface area contributed by atoms with Crippen LogP contribution in [0.3, 0.4) is 0 Å². The highest BCUT2D eigenvalue weighted by Gasteiger charge is 2.33. The molecule has 8 heteroatoms. The lowest BCUT2D eigenvalue weighted by Gasteiger charge is -2.41. The molecule has 2 aliphatic heterocycles. The fraction of sp³-hybridized carbons (Fsp3) is 0.500. The van der Waals surface area contributed by atoms with Crippen molar-refractivity contribution in [1.82, 2.24) is 14.2 Å². The van der Waals surface area contributed by atoms with Crippen molar-refractivity contribution in [2.45, 2.75) is 49.6 Å². The van der Waals surface area contributed by atoms with E-state index in [1.807, 2.05) is 12.1 Å². The molecule has 0 unspecified atom stereocenters. The molecule has 0 amide bonds. The van der Waals surface area contributed by atoms with Gasteiger partial charge < -0.3 is 9.64 Å². The molecule has 0 aliphatic carbocycles. The van der Waals surface area contributed by atoms with Gasteiger partial charge >= 0.3 is 0 Å². The maximum atomic E-state index is 13.5. The van der Waals surface area contributed by atoms with Crippen LogP contribution in [0.15, 0.2) is 47.6 Å². The molecule has 1 aromatic carbocycles. The average Bonchev–Trinajstić information content (AvgIpc) is 2.77. The first-order chi connectivity index (χ1) is 14.4. The lowest BCUT2D eigenvalue weighted by atomic mass is 10.00. The molecule has 3 heterocycles. The fourth-order valence-corrected chi connectivity index (χ4v) is 5.90. The van der Waals surface area contributed by atoms with Crippen LogP contribution in [0.4, 0.5) is 4.39 Å². The standard InChI is InChI=1S/C22H28FN3O3S/c1-17-16-21(2-3-22(17)23)30(27,28)26-14-6-18(7-15-26)25-12-8-20(9-13-25)29-19-4-10-24-11-5-19/h2-5,10-11,16,18,20H,6-9,12-15H2,1H3. The van der Waals surface area contributed by atoms with Crippen LogP contribution in [0.5, 0.6) is 5.75 Å². The number of hydrogen-bond acceptors (Lipinski definition) is 5. The lowest BCUT2D eigenvalue weighted by molar-refractivity contribution is 0.0585. The highest BCUT2D eigenvalue weighted by Crippen LogP contribution is 2.27. The summed E-state index contributed by atoms with van der Waals surface area (Å²) in [7, 11) is -3.58. The number of nitrogens with zero attached hydrogens (tertiary/aromatic N) is 3. The van der Waals surface area contributed by atoms with Gasteiger partial charge in [-0.1, -0.05) is 0 Å². The molecule has 0 radical (unpaired) electrons. The number of piperidine rings is 2. The highest BCUT2D eigenvalue weighted by molar-refractivity contribution is 7.89. The van der Waals surface area contributed by atoms with E-state index in [0.717, 1.165) is 44.5 Å². The van der Waals surface area contributed by atoms with Gasteiger partial charge in [0, 0.05) is 44.6 Å². The Morgan fingerprint density at radius 3 is 2.30 bits per heavy atom. The first kappa shape index (κ1) is 21.2. The fourth-order valence-electron chi connectivity index (χ4n) is 4.34. The summed E-state index contributed by atoms with van der Waals surface area (Å²) in [6, 6.07) is 8.17. The van der Waals surface area contributed by atoms with E-state index in [-0.39, 0.29) is 16.8 Å². The SMILES string of the molecule is Cc1cc(S(=O)(=O)N2CCC(N3CCC(Oc4ccncc4)CC3)CC2)ccc1F. The zero-order valence-electron chi connectivity index (χ0n) is 17.2. The van der Waals surface area contributed by atoms with Gasteiger partial charge in [-0.25, -0.2) is 12.8 Å². The van der Waals surface area contributed by atoms with E-state index in [2.05, 4.69) is 9.88 Å². The maximum Gasteiger partial charge on any atom is 0.243 e. The second-order valence-corrected chi connectivity index (χ2v) is 10.0. The monoisotopic (exact) mass is 433 g/mol. The van der Waals surface area contributed by atoms with Gasteiger partial charge in [0.25, 0.3) is 0 Å². The normalized spacial score (nSPS) is 20.3. The van der Waals surface area contributed by atoms with Crippen LogP contribution in [0, 0.1) is 12.7 Å². The Kier molecular flexibility index (Phi) is 6.36. The van der Waals surface area contributed by atoms with Gasteiger partial charge in [0.1, 0.15) is 17.7 Å². The summed E-state index contributed by atoms with van der Waals surface area (Å²) in [6.45, 7) is 4.50. The number of aryl methyl sites for hydroxylation is 1. The lowest BCUT2D eigenvalue weighted by Crippen LogP contribution is -2.50. The summed E-state index contributed by atoms with van der Waals surface area (Å²) in [6.07, 6.45) is 7.25. The Balaban J connectivity index is 1.29. The Labute approximate surface area is 177 Å². The highest BCUT2D eigenvalue weighted by atomic mass is 32.2. The molecule has 2 fully saturated rings. The van der Waals surface area contributed by atoms with E-state index in [4.69, 9.17) is 4.74 Å². The molecule has 1 aromatic heterocycles. The molecule has 30 heavy (non-hydrogen) atoms. The summed E-state index contributed by atoms with van der Waals surface area (Å²) < 4.78 is 46.9. The predicted molar refractivity (Wildman–Crippen MR) is 112 cm³/mol. The van der Waals surface area contributed by atoms with E-state index >= 15 is 0 Å². The second-order valence-electron chi connectivity index (χ2n) is 8.08. The summed E-state index contributed by atoms with van der Waals surface area (Å²) >= 11 is 0. The Hall–Kier alpha value is -2.03. The summed E-state index contributed by atoms with van der Waals surface area (Å²) in [5, 5.41) is 0. The molecule has 0 saturated carbocycles. The van der Waals surface area contributed by atoms with Gasteiger partial charge in [0.15, 0.2) is 0 Å². The molecule has 0 bridgehead atoms. The molecule has 2 aromatic rings. The van der Waals surface area contributed by atoms with Crippen molar-refractivity contribution >= 4 is 10.0 Å². The quantitative estimate of drug-likeness (QED) is 0.725. The van der Waals surface area contributed by atoms with Crippen molar-refractivity contribution < 1.29 is 17.5 Å². The van der Waals surface area contributed by atoms with Crippen molar-refractivity contribution in [3.63, 3.8) is 0 Å². The summed E-state index contributed by atoms with van der Waals surface area (Å²) in [5.41, 5.74) is 0.350. The Morgan fingerprint density at radius 2 is 1.67 bits per heavy atom. The van der Waals surface area contributed by atoms with Crippen LogP contribution in [0.1, 0.15) is 31.2 Å². The van der Waals surface area contributed by atoms with E-state index in [9.17, 15) is 12.8 Å². The number of pyridine rings is 1. The predicted octanol–water partition coefficient (Wildman–Crippen LogP) is 3.23. The van der Waals surface area contributed by atoms with Gasteiger partial charge in [0.05, 0.1) is 4.90 Å². The molecule has 6 nitrogen and oxygen atoms in total. The average molecular weight is 434 g/mol. The van der Waals surface area contributed by atoms with Crippen LogP contribution in [0.2, 0.25) is 0 Å². The minimum absolute atomic E-state index is 0.175. The second kappa shape index (κ2) is 8.99. The number of benzene rings is 1. The van der Waals surface area contributed by atoms with Crippen LogP contribution in [-0.2, 0) is 10.0 Å². The van der Waals surface area contributed by atoms with Gasteiger partial charge in [-0.2, -0.15) is 4.31 Å². The minimum atomic E-state index is -3.58. The number of hydrogen-bond donors (Lipinski definition) is 0. The number of sulfonamides is 1. The van der Waals surface area contributed by atoms with Crippen LogP contribution < -0.4 is 4.74 Å². The molecule has 0 spiro atoms. The van der Waals surface area contributed by atoms with Crippen molar-refractivity contribution in [1.29, 1.82) is 0 Å². The molecular weight excluding hydrogens is 405 g/mol. The van der Waals surface area contributed by atoms with Crippen molar-refractivity contribution in [2.75, 3.05) is 26.2 Å². The number of aromatic nitrogens is 1. The Bertz CT molecular complexity index is 955. The molecule has 162 valence electrons. The molecule has 4 rings (SSSR count). The van der Waals surface area contributed by atoms with Crippen molar-refractivity contribution in [3.8, 4) is 5.75 Å². The minimum Gasteiger partial charge on any atom is -0.490 e. The number of ether oxygens (including phenoxy) is 1. The van der Waals surface area contributed by atoms with E-state index in [0.29, 0.717) is 24.7 Å². The molecule has 2 saturated heterocycles. The topological polar surface area (TPSA) is 62.7 Å². The third-order valence-electron chi connectivity index (χ3n) is 6.14. The van der Waals surface area contributed by atoms with E-state index in [1.165, 1.54) is 22.5 Å². The number of likely N-dealkylation sites (tertiary alicyclic amines) is 1.